The van der Waals surface area contributed by atoms with Gasteiger partial charge in [-0.1, -0.05) is 6.92 Å². The van der Waals surface area contributed by atoms with E-state index in [0.29, 0.717) is 11.4 Å². The molecule has 2 aromatic rings. The molecule has 0 saturated heterocycles. The van der Waals surface area contributed by atoms with Crippen molar-refractivity contribution in [1.29, 1.82) is 0 Å². The van der Waals surface area contributed by atoms with Crippen molar-refractivity contribution < 1.29 is 4.79 Å². The van der Waals surface area contributed by atoms with Crippen LogP contribution in [-0.2, 0) is 6.42 Å². The Balaban J connectivity index is 2.65. The van der Waals surface area contributed by atoms with E-state index in [1.165, 1.54) is 5.56 Å². The van der Waals surface area contributed by atoms with Gasteiger partial charge in [0.15, 0.2) is 12.1 Å². The molecule has 0 N–H and O–H groups in total. The summed E-state index contributed by atoms with van der Waals surface area (Å²) < 4.78 is 1.75. The normalized spacial score (nSPS) is 10.5. The fourth-order valence-electron chi connectivity index (χ4n) is 2.07. The van der Waals surface area contributed by atoms with E-state index in [-0.39, 0.29) is 0 Å². The lowest BCUT2D eigenvalue weighted by atomic mass is 10.1. The van der Waals surface area contributed by atoms with Gasteiger partial charge in [-0.3, -0.25) is 4.79 Å². The monoisotopic (exact) mass is 229 g/mol. The summed E-state index contributed by atoms with van der Waals surface area (Å²) in [4.78, 5) is 15.2. The molecule has 0 fully saturated rings. The second-order valence-electron chi connectivity index (χ2n) is 3.95. The highest BCUT2D eigenvalue weighted by Gasteiger charge is 2.14. The summed E-state index contributed by atoms with van der Waals surface area (Å²) in [7, 11) is 0. The molecule has 0 aliphatic rings. The zero-order chi connectivity index (χ0) is 12.4. The molecule has 4 heteroatoms. The molecule has 0 unspecified atom stereocenters. The Morgan fingerprint density at radius 3 is 2.76 bits per heavy atom. The molecule has 0 saturated carbocycles. The van der Waals surface area contributed by atoms with E-state index in [1.54, 1.807) is 23.0 Å². The van der Waals surface area contributed by atoms with Gasteiger partial charge >= 0.3 is 0 Å². The molecule has 2 rings (SSSR count). The Kier molecular flexibility index (Phi) is 3.04. The number of nitrogens with zero attached hydrogens (tertiary/aromatic N) is 3. The highest BCUT2D eigenvalue weighted by atomic mass is 16.1. The van der Waals surface area contributed by atoms with Crippen LogP contribution >= 0.6 is 0 Å². The number of carbonyl (C=O) groups is 1. The summed E-state index contributed by atoms with van der Waals surface area (Å²) in [5.41, 5.74) is 3.81. The van der Waals surface area contributed by atoms with Gasteiger partial charge in [0.2, 0.25) is 0 Å². The van der Waals surface area contributed by atoms with Crippen LogP contribution in [0.3, 0.4) is 0 Å². The van der Waals surface area contributed by atoms with Crippen LogP contribution < -0.4 is 0 Å². The lowest BCUT2D eigenvalue weighted by Gasteiger charge is -2.05. The average Bonchev–Trinajstić information content (AvgIpc) is 2.64. The van der Waals surface area contributed by atoms with Crippen molar-refractivity contribution in [3.8, 4) is 5.82 Å². The Labute approximate surface area is 100 Å². The second-order valence-corrected chi connectivity index (χ2v) is 3.95. The predicted molar refractivity (Wildman–Crippen MR) is 65.6 cm³/mol. The first kappa shape index (κ1) is 11.5. The van der Waals surface area contributed by atoms with Crippen molar-refractivity contribution in [1.82, 2.24) is 14.8 Å². The summed E-state index contributed by atoms with van der Waals surface area (Å²) in [6, 6.07) is 3.50. The number of aryl methyl sites for hydroxylation is 1. The summed E-state index contributed by atoms with van der Waals surface area (Å²) in [5.74, 6) is 0.600. The molecule has 0 aliphatic heterocycles. The van der Waals surface area contributed by atoms with E-state index in [4.69, 9.17) is 0 Å². The minimum atomic E-state index is 0.556. The molecular formula is C13H15N3O. The van der Waals surface area contributed by atoms with Gasteiger partial charge in [-0.2, -0.15) is 5.10 Å². The van der Waals surface area contributed by atoms with Crippen LogP contribution in [0, 0.1) is 13.8 Å². The van der Waals surface area contributed by atoms with Crippen LogP contribution in [0.25, 0.3) is 5.82 Å². The van der Waals surface area contributed by atoms with Crippen molar-refractivity contribution in [2.45, 2.75) is 27.2 Å². The molecule has 88 valence electrons. The van der Waals surface area contributed by atoms with E-state index in [2.05, 4.69) is 17.0 Å². The summed E-state index contributed by atoms with van der Waals surface area (Å²) in [6.45, 7) is 6.08. The molecule has 0 atom stereocenters. The Hall–Kier alpha value is -1.97. The van der Waals surface area contributed by atoms with Crippen LogP contribution in [0.1, 0.15) is 34.2 Å². The third kappa shape index (κ3) is 1.86. The predicted octanol–water partition coefficient (Wildman–Crippen LogP) is 2.26. The van der Waals surface area contributed by atoms with Gasteiger partial charge in [0.05, 0.1) is 11.3 Å². The zero-order valence-electron chi connectivity index (χ0n) is 10.3. The SMILES string of the molecule is CCc1c(C)nn(-c2ncccc2C=O)c1C. The van der Waals surface area contributed by atoms with Crippen LogP contribution in [0.4, 0.5) is 0 Å². The average molecular weight is 229 g/mol. The topological polar surface area (TPSA) is 47.8 Å². The van der Waals surface area contributed by atoms with Crippen LogP contribution in [0.2, 0.25) is 0 Å². The van der Waals surface area contributed by atoms with Crippen molar-refractivity contribution in [2.75, 3.05) is 0 Å². The minimum Gasteiger partial charge on any atom is -0.298 e. The molecule has 0 aromatic carbocycles. The number of hydrogen-bond donors (Lipinski definition) is 0. The molecule has 0 spiro atoms. The molecule has 2 heterocycles. The van der Waals surface area contributed by atoms with Gasteiger partial charge < -0.3 is 0 Å². The standard InChI is InChI=1S/C13H15N3O/c1-4-12-9(2)15-16(10(12)3)13-11(8-17)6-5-7-14-13/h5-8H,4H2,1-3H3. The number of carbonyl (C=O) groups excluding carboxylic acids is 1. The third-order valence-electron chi connectivity index (χ3n) is 2.94. The van der Waals surface area contributed by atoms with Crippen molar-refractivity contribution >= 4 is 6.29 Å². The fraction of sp³-hybridized carbons (Fsp3) is 0.308. The largest absolute Gasteiger partial charge is 0.298 e. The molecule has 0 aliphatic carbocycles. The summed E-state index contributed by atoms with van der Waals surface area (Å²) >= 11 is 0. The lowest BCUT2D eigenvalue weighted by molar-refractivity contribution is 0.112. The Bertz CT molecular complexity index is 558. The summed E-state index contributed by atoms with van der Waals surface area (Å²) in [5, 5.41) is 4.46. The van der Waals surface area contributed by atoms with Gasteiger partial charge in [-0.15, -0.1) is 0 Å². The third-order valence-corrected chi connectivity index (χ3v) is 2.94. The number of aldehydes is 1. The van der Waals surface area contributed by atoms with Gasteiger partial charge in [-0.05, 0) is 38.0 Å². The highest BCUT2D eigenvalue weighted by molar-refractivity contribution is 5.79. The maximum absolute atomic E-state index is 11.0. The Morgan fingerprint density at radius 2 is 2.18 bits per heavy atom. The molecule has 2 aromatic heterocycles. The summed E-state index contributed by atoms with van der Waals surface area (Å²) in [6.07, 6.45) is 3.41. The second kappa shape index (κ2) is 4.49. The maximum Gasteiger partial charge on any atom is 0.164 e. The van der Waals surface area contributed by atoms with Crippen LogP contribution in [-0.4, -0.2) is 21.1 Å². The first-order valence-electron chi connectivity index (χ1n) is 5.64. The van der Waals surface area contributed by atoms with Crippen molar-refractivity contribution in [2.24, 2.45) is 0 Å². The number of aromatic nitrogens is 3. The maximum atomic E-state index is 11.0. The molecular weight excluding hydrogens is 214 g/mol. The van der Waals surface area contributed by atoms with Crippen molar-refractivity contribution in [3.63, 3.8) is 0 Å². The quantitative estimate of drug-likeness (QED) is 0.758. The van der Waals surface area contributed by atoms with E-state index < -0.39 is 0 Å². The van der Waals surface area contributed by atoms with Gasteiger partial charge in [0.25, 0.3) is 0 Å². The molecule has 17 heavy (non-hydrogen) atoms. The number of hydrogen-bond acceptors (Lipinski definition) is 3. The first-order chi connectivity index (χ1) is 8.19. The molecule has 4 nitrogen and oxygen atoms in total. The van der Waals surface area contributed by atoms with E-state index >= 15 is 0 Å². The molecule has 0 bridgehead atoms. The van der Waals surface area contributed by atoms with E-state index in [9.17, 15) is 4.79 Å². The first-order valence-corrected chi connectivity index (χ1v) is 5.64. The van der Waals surface area contributed by atoms with Gasteiger partial charge in [-0.25, -0.2) is 9.67 Å². The minimum absolute atomic E-state index is 0.556. The number of pyridine rings is 1. The lowest BCUT2D eigenvalue weighted by Crippen LogP contribution is -2.05. The number of rotatable bonds is 3. The van der Waals surface area contributed by atoms with E-state index in [1.807, 2.05) is 13.8 Å². The van der Waals surface area contributed by atoms with Gasteiger partial charge in [0, 0.05) is 11.9 Å². The molecule has 0 amide bonds. The van der Waals surface area contributed by atoms with Crippen molar-refractivity contribution in [3.05, 3.63) is 40.8 Å². The van der Waals surface area contributed by atoms with Crippen LogP contribution in [0.15, 0.2) is 18.3 Å². The Morgan fingerprint density at radius 1 is 1.41 bits per heavy atom. The van der Waals surface area contributed by atoms with Gasteiger partial charge in [0.1, 0.15) is 0 Å². The van der Waals surface area contributed by atoms with E-state index in [0.717, 1.165) is 24.1 Å². The fourth-order valence-corrected chi connectivity index (χ4v) is 2.07. The zero-order valence-corrected chi connectivity index (χ0v) is 10.3. The highest BCUT2D eigenvalue weighted by Crippen LogP contribution is 2.18. The smallest absolute Gasteiger partial charge is 0.164 e. The molecule has 0 radical (unpaired) electrons. The van der Waals surface area contributed by atoms with Crippen LogP contribution in [0.5, 0.6) is 0 Å².